The van der Waals surface area contributed by atoms with E-state index in [1.54, 1.807) is 0 Å². The molecule has 8 nitrogen and oxygen atoms in total. The number of aliphatic hydroxyl groups excluding tert-OH is 1. The molecule has 0 radical (unpaired) electrons. The molecule has 4 fully saturated rings. The number of carbonyl (C=O) groups is 1. The van der Waals surface area contributed by atoms with Gasteiger partial charge in [0, 0.05) is 45.4 Å². The van der Waals surface area contributed by atoms with Gasteiger partial charge in [0.1, 0.15) is 0 Å². The minimum absolute atomic E-state index is 0.0430. The molecular weight excluding hydrogens is 376 g/mol. The Morgan fingerprint density at radius 3 is 2.48 bits per heavy atom. The van der Waals surface area contributed by atoms with E-state index in [2.05, 4.69) is 4.90 Å². The van der Waals surface area contributed by atoms with E-state index in [1.165, 1.54) is 0 Å². The Labute approximate surface area is 173 Å². The lowest BCUT2D eigenvalue weighted by Crippen LogP contribution is -2.57. The van der Waals surface area contributed by atoms with Gasteiger partial charge >= 0.3 is 0 Å². The first-order valence-electron chi connectivity index (χ1n) is 11.3. The van der Waals surface area contributed by atoms with Gasteiger partial charge in [-0.15, -0.1) is 0 Å². The zero-order valence-electron chi connectivity index (χ0n) is 17.4. The highest BCUT2D eigenvalue weighted by Crippen LogP contribution is 2.29. The van der Waals surface area contributed by atoms with E-state index >= 15 is 0 Å². The van der Waals surface area contributed by atoms with Crippen LogP contribution in [0.3, 0.4) is 0 Å². The summed E-state index contributed by atoms with van der Waals surface area (Å²) >= 11 is 0. The van der Waals surface area contributed by atoms with Crippen LogP contribution >= 0.6 is 0 Å². The Morgan fingerprint density at radius 1 is 0.931 bits per heavy atom. The number of morpholine rings is 1. The van der Waals surface area contributed by atoms with Gasteiger partial charge < -0.3 is 29.0 Å². The number of carbonyl (C=O) groups excluding carboxylic acids is 1. The summed E-state index contributed by atoms with van der Waals surface area (Å²) < 4.78 is 23.0. The van der Waals surface area contributed by atoms with Gasteiger partial charge in [-0.3, -0.25) is 9.69 Å². The van der Waals surface area contributed by atoms with Crippen molar-refractivity contribution < 1.29 is 28.8 Å². The lowest BCUT2D eigenvalue weighted by molar-refractivity contribution is -0.163. The van der Waals surface area contributed by atoms with Gasteiger partial charge in [0.25, 0.3) is 0 Å². The quantitative estimate of drug-likeness (QED) is 0.710. The van der Waals surface area contributed by atoms with Gasteiger partial charge in [-0.25, -0.2) is 0 Å². The molecule has 29 heavy (non-hydrogen) atoms. The van der Waals surface area contributed by atoms with E-state index in [1.807, 2.05) is 4.90 Å². The second-order valence-electron chi connectivity index (χ2n) is 8.84. The lowest BCUT2D eigenvalue weighted by atomic mass is 9.92. The summed E-state index contributed by atoms with van der Waals surface area (Å²) in [6, 6.07) is 0.238. The monoisotopic (exact) mass is 412 g/mol. The lowest BCUT2D eigenvalue weighted by Gasteiger charge is -2.46. The van der Waals surface area contributed by atoms with Crippen molar-refractivity contribution in [1.82, 2.24) is 9.80 Å². The second-order valence-corrected chi connectivity index (χ2v) is 8.84. The Hall–Kier alpha value is -0.770. The molecule has 0 saturated carbocycles. The van der Waals surface area contributed by atoms with E-state index in [0.717, 1.165) is 45.4 Å². The number of ether oxygens (including phenoxy) is 4. The highest BCUT2D eigenvalue weighted by Gasteiger charge is 2.39. The zero-order chi connectivity index (χ0) is 20.1. The first-order chi connectivity index (χ1) is 14.2. The molecule has 4 aliphatic heterocycles. The minimum Gasteiger partial charge on any atom is -0.389 e. The minimum atomic E-state index is -0.462. The summed E-state index contributed by atoms with van der Waals surface area (Å²) in [7, 11) is 0. The molecule has 0 aliphatic carbocycles. The van der Waals surface area contributed by atoms with Crippen molar-refractivity contribution in [2.45, 2.75) is 56.5 Å². The number of hydrogen-bond acceptors (Lipinski definition) is 7. The Balaban J connectivity index is 1.35. The van der Waals surface area contributed by atoms with Gasteiger partial charge in [-0.05, 0) is 31.6 Å². The molecule has 4 saturated heterocycles. The molecule has 0 aromatic carbocycles. The molecule has 4 atom stereocenters. The predicted molar refractivity (Wildman–Crippen MR) is 106 cm³/mol. The molecule has 4 aliphatic rings. The SMILES string of the molecule is O=C(C[C@@H]1CC[C@H]2[C@@H](COC[C@H](O)CN2CC2CCOCC2)O1)N1CCOCC1. The van der Waals surface area contributed by atoms with Gasteiger partial charge in [0.2, 0.25) is 5.91 Å². The third kappa shape index (κ3) is 5.89. The van der Waals surface area contributed by atoms with Gasteiger partial charge in [0.05, 0.1) is 51.2 Å². The van der Waals surface area contributed by atoms with Crippen molar-refractivity contribution in [1.29, 1.82) is 0 Å². The van der Waals surface area contributed by atoms with Crippen molar-refractivity contribution in [3.8, 4) is 0 Å². The third-order valence-corrected chi connectivity index (χ3v) is 6.69. The largest absolute Gasteiger partial charge is 0.389 e. The standard InChI is InChI=1S/C21H36N2O6/c24-17-13-23(12-16-3-7-26-8-4-16)19-2-1-18(29-20(19)15-28-14-17)11-21(25)22-5-9-27-10-6-22/h16-20,24H,1-15H2/t17-,18+,19+,20-/m1/s1. The Morgan fingerprint density at radius 2 is 1.69 bits per heavy atom. The van der Waals surface area contributed by atoms with Crippen LogP contribution in [0.25, 0.3) is 0 Å². The van der Waals surface area contributed by atoms with Crippen molar-refractivity contribution in [2.75, 3.05) is 65.8 Å². The van der Waals surface area contributed by atoms with E-state index in [4.69, 9.17) is 18.9 Å². The maximum Gasteiger partial charge on any atom is 0.225 e. The van der Waals surface area contributed by atoms with Crippen LogP contribution in [-0.4, -0.2) is 111 Å². The summed E-state index contributed by atoms with van der Waals surface area (Å²) in [5.74, 6) is 0.774. The van der Waals surface area contributed by atoms with Crippen molar-refractivity contribution in [3.63, 3.8) is 0 Å². The molecule has 0 bridgehead atoms. The van der Waals surface area contributed by atoms with E-state index < -0.39 is 6.10 Å². The highest BCUT2D eigenvalue weighted by molar-refractivity contribution is 5.76. The smallest absolute Gasteiger partial charge is 0.225 e. The number of β-amino-alcohol motifs (C(OH)–C–C–N with tert-alkyl or cyclic N) is 1. The first kappa shape index (κ1) is 21.5. The molecule has 0 spiro atoms. The van der Waals surface area contributed by atoms with Crippen molar-refractivity contribution in [2.24, 2.45) is 5.92 Å². The van der Waals surface area contributed by atoms with Crippen LogP contribution in [0.4, 0.5) is 0 Å². The normalized spacial score (nSPS) is 35.6. The molecule has 8 heteroatoms. The average molecular weight is 413 g/mol. The molecule has 0 aromatic heterocycles. The van der Waals surface area contributed by atoms with Crippen LogP contribution < -0.4 is 0 Å². The van der Waals surface area contributed by atoms with Crippen LogP contribution in [0.5, 0.6) is 0 Å². The third-order valence-electron chi connectivity index (χ3n) is 6.69. The van der Waals surface area contributed by atoms with E-state index in [9.17, 15) is 9.90 Å². The van der Waals surface area contributed by atoms with Crippen molar-refractivity contribution >= 4 is 5.91 Å². The molecule has 1 N–H and O–H groups in total. The second kappa shape index (κ2) is 10.5. The summed E-state index contributed by atoms with van der Waals surface area (Å²) in [5, 5.41) is 10.3. The fourth-order valence-corrected chi connectivity index (χ4v) is 5.05. The summed E-state index contributed by atoms with van der Waals surface area (Å²) in [6.45, 7) is 6.69. The van der Waals surface area contributed by atoms with Gasteiger partial charge in [-0.1, -0.05) is 0 Å². The topological polar surface area (TPSA) is 80.7 Å². The molecule has 0 aromatic rings. The summed E-state index contributed by atoms with van der Waals surface area (Å²) in [4.78, 5) is 16.9. The Kier molecular flexibility index (Phi) is 7.77. The maximum atomic E-state index is 12.6. The number of hydrogen-bond donors (Lipinski definition) is 1. The molecule has 4 rings (SSSR count). The number of nitrogens with zero attached hydrogens (tertiary/aromatic N) is 2. The molecule has 4 heterocycles. The maximum absolute atomic E-state index is 12.6. The van der Waals surface area contributed by atoms with Crippen LogP contribution in [0.1, 0.15) is 32.1 Å². The molecule has 166 valence electrons. The van der Waals surface area contributed by atoms with Crippen LogP contribution in [0, 0.1) is 5.92 Å². The fraction of sp³-hybridized carbons (Fsp3) is 0.952. The van der Waals surface area contributed by atoms with E-state index in [0.29, 0.717) is 58.4 Å². The number of aliphatic hydroxyl groups is 1. The number of fused-ring (bicyclic) bond motifs is 1. The summed E-state index contributed by atoms with van der Waals surface area (Å²) in [5.41, 5.74) is 0. The number of amides is 1. The fourth-order valence-electron chi connectivity index (χ4n) is 5.05. The average Bonchev–Trinajstić information content (AvgIpc) is 2.74. The van der Waals surface area contributed by atoms with Gasteiger partial charge in [-0.2, -0.15) is 0 Å². The predicted octanol–water partition coefficient (Wildman–Crippen LogP) is 0.271. The Bertz CT molecular complexity index is 523. The highest BCUT2D eigenvalue weighted by atomic mass is 16.5. The number of rotatable bonds is 4. The van der Waals surface area contributed by atoms with E-state index in [-0.39, 0.29) is 24.2 Å². The van der Waals surface area contributed by atoms with Gasteiger partial charge in [0.15, 0.2) is 0 Å². The van der Waals surface area contributed by atoms with Crippen molar-refractivity contribution in [3.05, 3.63) is 0 Å². The summed E-state index contributed by atoms with van der Waals surface area (Å²) in [6.07, 6.45) is 3.89. The van der Waals surface area contributed by atoms with Crippen LogP contribution in [0.2, 0.25) is 0 Å². The molecule has 1 amide bonds. The first-order valence-corrected chi connectivity index (χ1v) is 11.3. The van der Waals surface area contributed by atoms with Crippen LogP contribution in [-0.2, 0) is 23.7 Å². The molecular formula is C21H36N2O6. The zero-order valence-corrected chi connectivity index (χ0v) is 17.4. The molecule has 0 unspecified atom stereocenters. The van der Waals surface area contributed by atoms with Crippen LogP contribution in [0.15, 0.2) is 0 Å².